The zero-order valence-electron chi connectivity index (χ0n) is 5.63. The largest absolute Gasteiger partial charge is 0.506 e. The van der Waals surface area contributed by atoms with Crippen molar-refractivity contribution in [3.63, 3.8) is 0 Å². The lowest BCUT2D eigenvalue weighted by molar-refractivity contribution is 0.143. The van der Waals surface area contributed by atoms with Crippen LogP contribution in [0.2, 0.25) is 0 Å². The first-order valence-corrected chi connectivity index (χ1v) is 3.67. The molecular weight excluding hydrogens is 236 g/mol. The Balaban J connectivity index is 3.33. The molecule has 2 N–H and O–H groups in total. The van der Waals surface area contributed by atoms with Crippen molar-refractivity contribution in [2.24, 2.45) is 0 Å². The molecule has 0 aliphatic carbocycles. The minimum atomic E-state index is -2.93. The summed E-state index contributed by atoms with van der Waals surface area (Å²) in [6, 6.07) is 0. The lowest BCUT2D eigenvalue weighted by atomic mass is 10.2. The van der Waals surface area contributed by atoms with Gasteiger partial charge in [-0.3, -0.25) is 0 Å². The van der Waals surface area contributed by atoms with Gasteiger partial charge in [-0.25, -0.2) is 13.8 Å². The number of aromatic nitrogens is 1. The molecule has 0 fully saturated rings. The predicted octanol–water partition coefficient (Wildman–Crippen LogP) is 2.19. The minimum Gasteiger partial charge on any atom is -0.506 e. The van der Waals surface area contributed by atoms with E-state index in [1.165, 1.54) is 0 Å². The molecule has 0 radical (unpaired) electrons. The summed E-state index contributed by atoms with van der Waals surface area (Å²) in [6.07, 6.45) is -2.09. The normalized spacial score (nSPS) is 10.7. The topological polar surface area (TPSA) is 53.4 Å². The average Bonchev–Trinajstić information content (AvgIpc) is 1.97. The summed E-state index contributed by atoms with van der Waals surface area (Å²) in [6.45, 7) is 0. The van der Waals surface area contributed by atoms with Gasteiger partial charge in [0.15, 0.2) is 5.75 Å². The second-order valence-corrected chi connectivity index (χ2v) is 2.75. The van der Waals surface area contributed by atoms with Crippen LogP contribution in [0.4, 0.5) is 8.78 Å². The highest BCUT2D eigenvalue weighted by atomic mass is 79.9. The molecule has 6 heteroatoms. The Hall–Kier alpha value is -0.910. The molecule has 1 heterocycles. The summed E-state index contributed by atoms with van der Waals surface area (Å²) in [5.74, 6) is -1.45. The minimum absolute atomic E-state index is 0.115. The zero-order chi connectivity index (χ0) is 9.30. The van der Waals surface area contributed by atoms with E-state index in [2.05, 4.69) is 20.9 Å². The monoisotopic (exact) mass is 239 g/mol. The summed E-state index contributed by atoms with van der Waals surface area (Å²) >= 11 is 2.74. The summed E-state index contributed by atoms with van der Waals surface area (Å²) < 4.78 is 24.1. The lowest BCUT2D eigenvalue weighted by Gasteiger charge is -2.05. The molecule has 0 unspecified atom stereocenters. The highest BCUT2D eigenvalue weighted by Crippen LogP contribution is 2.38. The van der Waals surface area contributed by atoms with E-state index in [-0.39, 0.29) is 4.60 Å². The summed E-state index contributed by atoms with van der Waals surface area (Å²) in [5, 5.41) is 17.9. The maximum atomic E-state index is 12.1. The third kappa shape index (κ3) is 1.47. The molecule has 0 bridgehead atoms. The van der Waals surface area contributed by atoms with Crippen molar-refractivity contribution in [3.8, 4) is 11.5 Å². The van der Waals surface area contributed by atoms with E-state index in [0.29, 0.717) is 0 Å². The molecule has 1 aromatic rings. The Morgan fingerprint density at radius 2 is 2.00 bits per heavy atom. The van der Waals surface area contributed by atoms with Gasteiger partial charge in [-0.2, -0.15) is 0 Å². The van der Waals surface area contributed by atoms with E-state index < -0.39 is 23.5 Å². The number of aromatic hydroxyl groups is 2. The highest BCUT2D eigenvalue weighted by Gasteiger charge is 2.20. The molecule has 1 rings (SSSR count). The van der Waals surface area contributed by atoms with Crippen LogP contribution in [0.25, 0.3) is 0 Å². The van der Waals surface area contributed by atoms with E-state index in [1.807, 2.05) is 0 Å². The Morgan fingerprint density at radius 1 is 1.42 bits per heavy atom. The number of rotatable bonds is 1. The molecule has 0 aromatic carbocycles. The standard InChI is InChI=1S/C6H4BrF2NO2/c7-5-4(12)3(6(8)9)2(11)1-10-5/h1,6,11-12H. The number of halogens is 3. The van der Waals surface area contributed by atoms with Crippen molar-refractivity contribution >= 4 is 15.9 Å². The molecule has 66 valence electrons. The van der Waals surface area contributed by atoms with Crippen molar-refractivity contribution in [1.82, 2.24) is 4.98 Å². The van der Waals surface area contributed by atoms with Gasteiger partial charge in [0, 0.05) is 0 Å². The van der Waals surface area contributed by atoms with Crippen LogP contribution in [-0.2, 0) is 0 Å². The number of hydrogen-bond donors (Lipinski definition) is 2. The van der Waals surface area contributed by atoms with Crippen molar-refractivity contribution in [2.75, 3.05) is 0 Å². The molecule has 0 aliphatic heterocycles. The van der Waals surface area contributed by atoms with Crippen molar-refractivity contribution in [3.05, 3.63) is 16.4 Å². The van der Waals surface area contributed by atoms with E-state index in [1.54, 1.807) is 0 Å². The van der Waals surface area contributed by atoms with Gasteiger partial charge in [0.05, 0.1) is 6.20 Å². The fraction of sp³-hybridized carbons (Fsp3) is 0.167. The van der Waals surface area contributed by atoms with Crippen LogP contribution in [0.1, 0.15) is 12.0 Å². The van der Waals surface area contributed by atoms with Crippen LogP contribution in [0.15, 0.2) is 10.8 Å². The van der Waals surface area contributed by atoms with Crippen LogP contribution >= 0.6 is 15.9 Å². The smallest absolute Gasteiger partial charge is 0.271 e. The first-order chi connectivity index (χ1) is 5.54. The Kier molecular flexibility index (Phi) is 2.46. The van der Waals surface area contributed by atoms with E-state index in [4.69, 9.17) is 10.2 Å². The van der Waals surface area contributed by atoms with Gasteiger partial charge in [0.2, 0.25) is 0 Å². The van der Waals surface area contributed by atoms with Gasteiger partial charge in [-0.05, 0) is 15.9 Å². The summed E-state index contributed by atoms with van der Waals surface area (Å²) in [5.41, 5.74) is -0.808. The summed E-state index contributed by atoms with van der Waals surface area (Å²) in [7, 11) is 0. The number of nitrogens with zero attached hydrogens (tertiary/aromatic N) is 1. The molecule has 0 amide bonds. The lowest BCUT2D eigenvalue weighted by Crippen LogP contribution is -1.89. The van der Waals surface area contributed by atoms with Gasteiger partial charge in [0.1, 0.15) is 15.9 Å². The predicted molar refractivity (Wildman–Crippen MR) is 40.2 cm³/mol. The van der Waals surface area contributed by atoms with E-state index >= 15 is 0 Å². The number of hydrogen-bond acceptors (Lipinski definition) is 3. The van der Waals surface area contributed by atoms with Crippen LogP contribution in [-0.4, -0.2) is 15.2 Å². The van der Waals surface area contributed by atoms with Gasteiger partial charge < -0.3 is 10.2 Å². The molecule has 3 nitrogen and oxygen atoms in total. The molecule has 1 aromatic heterocycles. The molecule has 0 saturated carbocycles. The first kappa shape index (κ1) is 9.18. The quantitative estimate of drug-likeness (QED) is 0.739. The van der Waals surface area contributed by atoms with Crippen LogP contribution < -0.4 is 0 Å². The molecule has 0 atom stereocenters. The van der Waals surface area contributed by atoms with E-state index in [9.17, 15) is 8.78 Å². The van der Waals surface area contributed by atoms with Gasteiger partial charge in [0.25, 0.3) is 6.43 Å². The highest BCUT2D eigenvalue weighted by molar-refractivity contribution is 9.10. The van der Waals surface area contributed by atoms with Crippen LogP contribution in [0.3, 0.4) is 0 Å². The fourth-order valence-electron chi connectivity index (χ4n) is 0.696. The molecule has 12 heavy (non-hydrogen) atoms. The zero-order valence-corrected chi connectivity index (χ0v) is 7.22. The van der Waals surface area contributed by atoms with Crippen molar-refractivity contribution in [2.45, 2.75) is 6.43 Å². The van der Waals surface area contributed by atoms with Crippen LogP contribution in [0.5, 0.6) is 11.5 Å². The molecule has 0 aliphatic rings. The van der Waals surface area contributed by atoms with Crippen molar-refractivity contribution < 1.29 is 19.0 Å². The Bertz CT molecular complexity index is 306. The molecule has 0 saturated heterocycles. The number of alkyl halides is 2. The van der Waals surface area contributed by atoms with Gasteiger partial charge >= 0.3 is 0 Å². The third-order valence-electron chi connectivity index (χ3n) is 1.24. The Morgan fingerprint density at radius 3 is 2.42 bits per heavy atom. The maximum Gasteiger partial charge on any atom is 0.271 e. The van der Waals surface area contributed by atoms with Crippen molar-refractivity contribution in [1.29, 1.82) is 0 Å². The third-order valence-corrected chi connectivity index (χ3v) is 1.83. The maximum absolute atomic E-state index is 12.1. The Labute approximate surface area is 74.8 Å². The van der Waals surface area contributed by atoms with Crippen LogP contribution in [0, 0.1) is 0 Å². The first-order valence-electron chi connectivity index (χ1n) is 2.88. The van der Waals surface area contributed by atoms with Gasteiger partial charge in [-0.1, -0.05) is 0 Å². The van der Waals surface area contributed by atoms with Gasteiger partial charge in [-0.15, -0.1) is 0 Å². The van der Waals surface area contributed by atoms with E-state index in [0.717, 1.165) is 6.20 Å². The average molecular weight is 240 g/mol. The fourth-order valence-corrected chi connectivity index (χ4v) is 1.01. The second kappa shape index (κ2) is 3.22. The SMILES string of the molecule is Oc1cnc(Br)c(O)c1C(F)F. The summed E-state index contributed by atoms with van der Waals surface area (Å²) in [4.78, 5) is 3.40. The second-order valence-electron chi connectivity index (χ2n) is 2.00. The molecular formula is C6H4BrF2NO2. The molecule has 0 spiro atoms. The number of pyridine rings is 1.